The van der Waals surface area contributed by atoms with E-state index < -0.39 is 11.9 Å². The number of thiazole rings is 1. The zero-order valence-corrected chi connectivity index (χ0v) is 14.8. The maximum atomic E-state index is 12.4. The van der Waals surface area contributed by atoms with Crippen LogP contribution in [0.25, 0.3) is 11.0 Å². The van der Waals surface area contributed by atoms with Gasteiger partial charge in [0, 0.05) is 16.8 Å². The maximum Gasteiger partial charge on any atom is 0.335 e. The van der Waals surface area contributed by atoms with Gasteiger partial charge in [0.25, 0.3) is 5.91 Å². The largest absolute Gasteiger partial charge is 0.478 e. The van der Waals surface area contributed by atoms with Crippen molar-refractivity contribution in [3.05, 3.63) is 57.9 Å². The lowest BCUT2D eigenvalue weighted by molar-refractivity contribution is -0.112. The zero-order valence-electron chi connectivity index (χ0n) is 14.0. The average molecular weight is 366 g/mol. The molecule has 0 atom stereocenters. The first-order chi connectivity index (χ1) is 12.4. The Morgan fingerprint density at radius 3 is 2.62 bits per heavy atom. The predicted octanol–water partition coefficient (Wildman–Crippen LogP) is 3.26. The Hall–Kier alpha value is -3.44. The fraction of sp³-hybridized carbons (Fsp3) is 0.111. The summed E-state index contributed by atoms with van der Waals surface area (Å²) in [7, 11) is 0. The van der Waals surface area contributed by atoms with Gasteiger partial charge >= 0.3 is 5.97 Å². The molecule has 0 saturated carbocycles. The highest BCUT2D eigenvalue weighted by Crippen LogP contribution is 2.22. The fourth-order valence-electron chi connectivity index (χ4n) is 2.43. The third-order valence-electron chi connectivity index (χ3n) is 3.70. The normalized spacial score (nSPS) is 11.3. The number of benzene rings is 1. The lowest BCUT2D eigenvalue weighted by atomic mass is 10.1. The van der Waals surface area contributed by atoms with Gasteiger partial charge in [0.15, 0.2) is 4.96 Å². The van der Waals surface area contributed by atoms with Crippen LogP contribution in [0.1, 0.15) is 26.6 Å². The second kappa shape index (κ2) is 6.82. The highest BCUT2D eigenvalue weighted by molar-refractivity contribution is 7.17. The van der Waals surface area contributed by atoms with Crippen molar-refractivity contribution in [3.63, 3.8) is 0 Å². The van der Waals surface area contributed by atoms with E-state index in [9.17, 15) is 14.9 Å². The molecule has 1 aromatic carbocycles. The molecule has 2 N–H and O–H groups in total. The van der Waals surface area contributed by atoms with Gasteiger partial charge < -0.3 is 10.4 Å². The van der Waals surface area contributed by atoms with E-state index in [0.717, 1.165) is 15.5 Å². The van der Waals surface area contributed by atoms with Crippen LogP contribution in [0.3, 0.4) is 0 Å². The van der Waals surface area contributed by atoms with E-state index in [4.69, 9.17) is 5.11 Å². The van der Waals surface area contributed by atoms with E-state index in [1.807, 2.05) is 30.5 Å². The zero-order chi connectivity index (χ0) is 18.8. The first-order valence-corrected chi connectivity index (χ1v) is 8.42. The van der Waals surface area contributed by atoms with Gasteiger partial charge in [-0.15, -0.1) is 11.3 Å². The number of carboxylic acids is 1. The van der Waals surface area contributed by atoms with Gasteiger partial charge in [0.1, 0.15) is 11.6 Å². The van der Waals surface area contributed by atoms with Crippen LogP contribution in [-0.2, 0) is 4.79 Å². The summed E-state index contributed by atoms with van der Waals surface area (Å²) in [4.78, 5) is 29.6. The van der Waals surface area contributed by atoms with Gasteiger partial charge in [-0.25, -0.2) is 9.78 Å². The van der Waals surface area contributed by atoms with Gasteiger partial charge in [-0.1, -0.05) is 0 Å². The number of nitrogens with one attached hydrogen (secondary N) is 1. The summed E-state index contributed by atoms with van der Waals surface area (Å²) in [6.07, 6.45) is 3.41. The van der Waals surface area contributed by atoms with Gasteiger partial charge in [-0.3, -0.25) is 9.20 Å². The summed E-state index contributed by atoms with van der Waals surface area (Å²) in [5, 5.41) is 20.9. The van der Waals surface area contributed by atoms with E-state index in [2.05, 4.69) is 10.3 Å². The fourth-order valence-corrected chi connectivity index (χ4v) is 3.31. The number of rotatable bonds is 4. The third kappa shape index (κ3) is 3.34. The molecule has 0 aliphatic carbocycles. The van der Waals surface area contributed by atoms with Crippen molar-refractivity contribution < 1.29 is 14.7 Å². The molecule has 2 aromatic heterocycles. The quantitative estimate of drug-likeness (QED) is 0.544. The molecule has 1 amide bonds. The number of aromatic carboxylic acids is 1. The van der Waals surface area contributed by atoms with Gasteiger partial charge in [-0.05, 0) is 44.2 Å². The summed E-state index contributed by atoms with van der Waals surface area (Å²) in [5.41, 5.74) is 1.85. The van der Waals surface area contributed by atoms with Crippen LogP contribution in [0.2, 0.25) is 0 Å². The number of anilines is 1. The molecule has 7 nitrogen and oxygen atoms in total. The molecule has 3 rings (SSSR count). The Balaban J connectivity index is 1.88. The summed E-state index contributed by atoms with van der Waals surface area (Å²) < 4.78 is 1.85. The van der Waals surface area contributed by atoms with Crippen molar-refractivity contribution in [3.8, 4) is 6.07 Å². The molecule has 0 bridgehead atoms. The maximum absolute atomic E-state index is 12.4. The first-order valence-electron chi connectivity index (χ1n) is 7.60. The second-order valence-electron chi connectivity index (χ2n) is 5.58. The summed E-state index contributed by atoms with van der Waals surface area (Å²) in [6, 6.07) is 7.61. The van der Waals surface area contributed by atoms with Crippen LogP contribution < -0.4 is 5.32 Å². The molecule has 0 aliphatic heterocycles. The molecule has 0 fully saturated rings. The number of nitrogens with zero attached hydrogens (tertiary/aromatic N) is 3. The minimum Gasteiger partial charge on any atom is -0.478 e. The van der Waals surface area contributed by atoms with Crippen molar-refractivity contribution in [2.45, 2.75) is 13.8 Å². The smallest absolute Gasteiger partial charge is 0.335 e. The molecule has 8 heteroatoms. The number of nitriles is 1. The van der Waals surface area contributed by atoms with Crippen LogP contribution in [-0.4, -0.2) is 26.4 Å². The van der Waals surface area contributed by atoms with Crippen LogP contribution in [0.5, 0.6) is 0 Å². The number of imidazole rings is 1. The highest BCUT2D eigenvalue weighted by atomic mass is 32.1. The Labute approximate surface area is 152 Å². The molecule has 0 unspecified atom stereocenters. The number of carboxylic acid groups (broad SMARTS) is 1. The molecule has 0 radical (unpaired) electrons. The number of hydrogen-bond acceptors (Lipinski definition) is 5. The van der Waals surface area contributed by atoms with Crippen molar-refractivity contribution >= 4 is 39.9 Å². The molecule has 0 spiro atoms. The van der Waals surface area contributed by atoms with Gasteiger partial charge in [0.05, 0.1) is 17.0 Å². The number of fused-ring (bicyclic) bond motifs is 1. The molecule has 0 saturated heterocycles. The molecule has 0 aliphatic rings. The Morgan fingerprint density at radius 2 is 2.00 bits per heavy atom. The van der Waals surface area contributed by atoms with Crippen molar-refractivity contribution in [2.24, 2.45) is 0 Å². The predicted molar refractivity (Wildman–Crippen MR) is 98.2 cm³/mol. The molecular formula is C18H14N4O3S. The average Bonchev–Trinajstić information content (AvgIpc) is 3.08. The number of hydrogen-bond donors (Lipinski definition) is 2. The van der Waals surface area contributed by atoms with Crippen LogP contribution in [0.4, 0.5) is 5.69 Å². The van der Waals surface area contributed by atoms with E-state index in [0.29, 0.717) is 11.4 Å². The Bertz CT molecular complexity index is 1080. The van der Waals surface area contributed by atoms with E-state index >= 15 is 0 Å². The molecule has 26 heavy (non-hydrogen) atoms. The lowest BCUT2D eigenvalue weighted by Crippen LogP contribution is -2.13. The Morgan fingerprint density at radius 1 is 1.31 bits per heavy atom. The van der Waals surface area contributed by atoms with Crippen molar-refractivity contribution in [2.75, 3.05) is 5.32 Å². The SMILES string of the molecule is Cc1cn2c(/C=C(\C#N)C(=O)Nc3ccc(C(=O)O)cc3)c(C)nc2s1. The number of aryl methyl sites for hydroxylation is 2. The first kappa shape index (κ1) is 17.4. The summed E-state index contributed by atoms with van der Waals surface area (Å²) >= 11 is 1.53. The number of carbonyl (C=O) groups excluding carboxylic acids is 1. The number of carbonyl (C=O) groups is 2. The molecule has 2 heterocycles. The topological polar surface area (TPSA) is 107 Å². The molecule has 3 aromatic rings. The van der Waals surface area contributed by atoms with Crippen molar-refractivity contribution in [1.29, 1.82) is 5.26 Å². The molecular weight excluding hydrogens is 352 g/mol. The number of amides is 1. The van der Waals surface area contributed by atoms with Gasteiger partial charge in [0.2, 0.25) is 0 Å². The van der Waals surface area contributed by atoms with E-state index in [-0.39, 0.29) is 11.1 Å². The minimum atomic E-state index is -1.05. The summed E-state index contributed by atoms with van der Waals surface area (Å²) in [5.74, 6) is -1.62. The second-order valence-corrected chi connectivity index (χ2v) is 6.80. The standard InChI is InChI=1S/C18H14N4O3S/c1-10-9-22-15(11(2)20-18(22)26-10)7-13(8-19)16(23)21-14-5-3-12(4-6-14)17(24)25/h3-7,9H,1-2H3,(H,21,23)(H,24,25)/b13-7+. The van der Waals surface area contributed by atoms with E-state index in [1.54, 1.807) is 0 Å². The van der Waals surface area contributed by atoms with Crippen LogP contribution in [0.15, 0.2) is 36.0 Å². The summed E-state index contributed by atoms with van der Waals surface area (Å²) in [6.45, 7) is 3.78. The minimum absolute atomic E-state index is 0.0685. The monoisotopic (exact) mass is 366 g/mol. The number of aromatic nitrogens is 2. The van der Waals surface area contributed by atoms with Crippen LogP contribution in [0, 0.1) is 25.2 Å². The third-order valence-corrected chi connectivity index (χ3v) is 4.60. The molecule has 130 valence electrons. The highest BCUT2D eigenvalue weighted by Gasteiger charge is 2.15. The van der Waals surface area contributed by atoms with Crippen molar-refractivity contribution in [1.82, 2.24) is 9.38 Å². The Kier molecular flexibility index (Phi) is 4.56. The lowest BCUT2D eigenvalue weighted by Gasteiger charge is -2.05. The van der Waals surface area contributed by atoms with Gasteiger partial charge in [-0.2, -0.15) is 5.26 Å². The van der Waals surface area contributed by atoms with Crippen LogP contribution >= 0.6 is 11.3 Å². The van der Waals surface area contributed by atoms with E-state index in [1.165, 1.54) is 41.7 Å².